The summed E-state index contributed by atoms with van der Waals surface area (Å²) in [4.78, 5) is 9.83. The topological polar surface area (TPSA) is 75.4 Å². The fraction of sp³-hybridized carbons (Fsp3) is 0.455. The molecule has 0 unspecified atom stereocenters. The van der Waals surface area contributed by atoms with Crippen molar-refractivity contribution in [1.82, 2.24) is 0 Å². The van der Waals surface area contributed by atoms with Crippen LogP contribution in [-0.2, 0) is 0 Å². The van der Waals surface area contributed by atoms with Gasteiger partial charge in [0, 0.05) is 23.4 Å². The van der Waals surface area contributed by atoms with E-state index in [2.05, 4.69) is 5.32 Å². The maximum absolute atomic E-state index is 12.8. The average Bonchev–Trinajstić information content (AvgIpc) is 3.09. The summed E-state index contributed by atoms with van der Waals surface area (Å²) >= 11 is 0. The van der Waals surface area contributed by atoms with Gasteiger partial charge >= 0.3 is 0 Å². The molecule has 1 aliphatic carbocycles. The highest BCUT2D eigenvalue weighted by molar-refractivity contribution is 5.59. The Morgan fingerprint density at radius 3 is 2.61 bits per heavy atom. The molecular weight excluding hydrogens is 246 g/mol. The van der Waals surface area contributed by atoms with E-state index in [0.717, 1.165) is 6.07 Å². The smallest absolute Gasteiger partial charge is 0.270 e. The lowest BCUT2D eigenvalue weighted by Crippen LogP contribution is -2.26. The lowest BCUT2D eigenvalue weighted by molar-refractivity contribution is -0.385. The van der Waals surface area contributed by atoms with E-state index in [1.54, 1.807) is 0 Å². The van der Waals surface area contributed by atoms with Gasteiger partial charge in [0.25, 0.3) is 12.1 Å². The van der Waals surface area contributed by atoms with Gasteiger partial charge in [-0.2, -0.15) is 0 Å². The van der Waals surface area contributed by atoms with Crippen molar-refractivity contribution >= 4 is 11.4 Å². The zero-order chi connectivity index (χ0) is 13.3. The third-order valence-electron chi connectivity index (χ3n) is 3.04. The van der Waals surface area contributed by atoms with Crippen LogP contribution in [0, 0.1) is 10.1 Å². The molecule has 0 amide bonds. The fourth-order valence-corrected chi connectivity index (χ4v) is 1.72. The first-order valence-corrected chi connectivity index (χ1v) is 5.43. The van der Waals surface area contributed by atoms with Crippen LogP contribution in [0.1, 0.15) is 24.8 Å². The van der Waals surface area contributed by atoms with Crippen LogP contribution in [0.4, 0.5) is 20.2 Å². The van der Waals surface area contributed by atoms with Crippen LogP contribution in [0.15, 0.2) is 18.2 Å². The van der Waals surface area contributed by atoms with Gasteiger partial charge < -0.3 is 10.4 Å². The molecule has 0 atom stereocenters. The Kier molecular flexibility index (Phi) is 3.16. The van der Waals surface area contributed by atoms with E-state index in [0.29, 0.717) is 12.8 Å². The third-order valence-corrected chi connectivity index (χ3v) is 3.04. The molecule has 18 heavy (non-hydrogen) atoms. The quantitative estimate of drug-likeness (QED) is 0.628. The highest BCUT2D eigenvalue weighted by Gasteiger charge is 2.42. The van der Waals surface area contributed by atoms with Gasteiger partial charge in [0.1, 0.15) is 0 Å². The highest BCUT2D eigenvalue weighted by atomic mass is 19.3. The van der Waals surface area contributed by atoms with Crippen LogP contribution in [0.25, 0.3) is 0 Å². The summed E-state index contributed by atoms with van der Waals surface area (Å²) in [6, 6.07) is 3.29. The van der Waals surface area contributed by atoms with Gasteiger partial charge in [0.15, 0.2) is 0 Å². The molecule has 1 aromatic rings. The van der Waals surface area contributed by atoms with E-state index in [1.165, 1.54) is 12.1 Å². The molecule has 98 valence electrons. The standard InChI is InChI=1S/C11H12F2N2O3/c12-10(13)8-5-7(15(17)18)1-2-9(8)14-11(6-16)3-4-11/h1-2,5,10,14,16H,3-4,6H2. The Labute approximate surface area is 102 Å². The lowest BCUT2D eigenvalue weighted by atomic mass is 10.1. The van der Waals surface area contributed by atoms with E-state index >= 15 is 0 Å². The summed E-state index contributed by atoms with van der Waals surface area (Å²) in [6.45, 7) is -0.146. The van der Waals surface area contributed by atoms with Gasteiger partial charge in [-0.1, -0.05) is 0 Å². The summed E-state index contributed by atoms with van der Waals surface area (Å²) in [5.74, 6) is 0. The van der Waals surface area contributed by atoms with E-state index in [9.17, 15) is 18.9 Å². The molecule has 0 bridgehead atoms. The number of aliphatic hydroxyl groups excluding tert-OH is 1. The molecule has 1 fully saturated rings. The predicted molar refractivity (Wildman–Crippen MR) is 60.7 cm³/mol. The number of hydrogen-bond donors (Lipinski definition) is 2. The molecule has 7 heteroatoms. The normalized spacial score (nSPS) is 16.7. The van der Waals surface area contributed by atoms with E-state index < -0.39 is 22.5 Å². The number of alkyl halides is 2. The molecule has 2 N–H and O–H groups in total. The number of aliphatic hydroxyl groups is 1. The first-order valence-electron chi connectivity index (χ1n) is 5.43. The zero-order valence-electron chi connectivity index (χ0n) is 9.40. The van der Waals surface area contributed by atoms with Crippen molar-refractivity contribution in [2.45, 2.75) is 24.8 Å². The number of benzene rings is 1. The van der Waals surface area contributed by atoms with Crippen molar-refractivity contribution in [1.29, 1.82) is 0 Å². The maximum Gasteiger partial charge on any atom is 0.270 e. The van der Waals surface area contributed by atoms with Crippen LogP contribution >= 0.6 is 0 Å². The molecule has 5 nitrogen and oxygen atoms in total. The first-order chi connectivity index (χ1) is 8.47. The first kappa shape index (κ1) is 12.7. The largest absolute Gasteiger partial charge is 0.394 e. The predicted octanol–water partition coefficient (Wildman–Crippen LogP) is 2.47. The Balaban J connectivity index is 2.32. The summed E-state index contributed by atoms with van der Waals surface area (Å²) in [5.41, 5.74) is -1.18. The Morgan fingerprint density at radius 2 is 2.17 bits per heavy atom. The molecule has 0 spiro atoms. The Bertz CT molecular complexity index is 475. The van der Waals surface area contributed by atoms with E-state index in [1.807, 2.05) is 0 Å². The van der Waals surface area contributed by atoms with E-state index in [4.69, 9.17) is 5.11 Å². The zero-order valence-corrected chi connectivity index (χ0v) is 9.40. The summed E-state index contributed by atoms with van der Waals surface area (Å²) in [6.07, 6.45) is -1.41. The van der Waals surface area contributed by atoms with Crippen molar-refractivity contribution in [3.63, 3.8) is 0 Å². The molecular formula is C11H12F2N2O3. The van der Waals surface area contributed by atoms with Gasteiger partial charge in [0.2, 0.25) is 0 Å². The summed E-state index contributed by atoms with van der Waals surface area (Å²) in [7, 11) is 0. The van der Waals surface area contributed by atoms with Crippen molar-refractivity contribution in [2.75, 3.05) is 11.9 Å². The molecule has 1 aromatic carbocycles. The molecule has 0 radical (unpaired) electrons. The van der Waals surface area contributed by atoms with Crippen LogP contribution < -0.4 is 5.32 Å². The van der Waals surface area contributed by atoms with Crippen molar-refractivity contribution in [2.24, 2.45) is 0 Å². The minimum Gasteiger partial charge on any atom is -0.394 e. The van der Waals surface area contributed by atoms with E-state index in [-0.39, 0.29) is 18.0 Å². The minimum atomic E-state index is -2.80. The number of halogens is 2. The number of nitrogens with one attached hydrogen (secondary N) is 1. The van der Waals surface area contributed by atoms with Crippen LogP contribution in [-0.4, -0.2) is 22.2 Å². The second-order valence-corrected chi connectivity index (χ2v) is 4.39. The molecule has 0 heterocycles. The monoisotopic (exact) mass is 258 g/mol. The van der Waals surface area contributed by atoms with Crippen LogP contribution in [0.2, 0.25) is 0 Å². The molecule has 1 aliphatic rings. The van der Waals surface area contributed by atoms with Crippen molar-refractivity contribution in [3.05, 3.63) is 33.9 Å². The van der Waals surface area contributed by atoms with Gasteiger partial charge in [0.05, 0.1) is 17.1 Å². The Morgan fingerprint density at radius 1 is 1.50 bits per heavy atom. The number of non-ortho nitro benzene ring substituents is 1. The molecule has 0 saturated heterocycles. The number of nitrogens with zero attached hydrogens (tertiary/aromatic N) is 1. The average molecular weight is 258 g/mol. The lowest BCUT2D eigenvalue weighted by Gasteiger charge is -2.18. The number of hydrogen-bond acceptors (Lipinski definition) is 4. The molecule has 0 aromatic heterocycles. The maximum atomic E-state index is 12.8. The summed E-state index contributed by atoms with van der Waals surface area (Å²) < 4.78 is 25.7. The number of nitro groups is 1. The second-order valence-electron chi connectivity index (χ2n) is 4.39. The molecule has 2 rings (SSSR count). The minimum absolute atomic E-state index is 0.141. The number of rotatable bonds is 5. The van der Waals surface area contributed by atoms with Gasteiger partial charge in [-0.15, -0.1) is 0 Å². The van der Waals surface area contributed by atoms with Gasteiger partial charge in [-0.05, 0) is 18.9 Å². The molecule has 0 aliphatic heterocycles. The third kappa shape index (κ3) is 2.40. The van der Waals surface area contributed by atoms with Crippen molar-refractivity contribution < 1.29 is 18.8 Å². The summed E-state index contributed by atoms with van der Waals surface area (Å²) in [5, 5.41) is 22.5. The van der Waals surface area contributed by atoms with Crippen LogP contribution in [0.3, 0.4) is 0 Å². The highest BCUT2D eigenvalue weighted by Crippen LogP contribution is 2.41. The Hall–Kier alpha value is -1.76. The van der Waals surface area contributed by atoms with Crippen molar-refractivity contribution in [3.8, 4) is 0 Å². The number of anilines is 1. The second kappa shape index (κ2) is 4.49. The molecule has 1 saturated carbocycles. The van der Waals surface area contributed by atoms with Gasteiger partial charge in [-0.25, -0.2) is 8.78 Å². The number of nitro benzene ring substituents is 1. The van der Waals surface area contributed by atoms with Gasteiger partial charge in [-0.3, -0.25) is 10.1 Å². The van der Waals surface area contributed by atoms with Crippen LogP contribution in [0.5, 0.6) is 0 Å². The SMILES string of the molecule is O=[N+]([O-])c1ccc(NC2(CO)CC2)c(C(F)F)c1. The fourth-order valence-electron chi connectivity index (χ4n) is 1.72.